The van der Waals surface area contributed by atoms with Crippen LogP contribution in [0.3, 0.4) is 0 Å². The van der Waals surface area contributed by atoms with Gasteiger partial charge in [-0.3, -0.25) is 4.79 Å². The standard InChI is InChI=1S/C30H41NO6S/c1-6-8-10-12-25-18-26(36-28(32)17-22(3)11-9-7-2)19-30(35-5,37-25)27-21-38-29(33)31(27)20-23-13-15-24(34-4)16-14-23/h6-7,13-17,25-27H,1-2,8-12,18-21H2,3-5H3/t25-,26-,27?,30-/m1/s1. The van der Waals surface area contributed by atoms with Crippen molar-refractivity contribution in [2.75, 3.05) is 20.0 Å². The van der Waals surface area contributed by atoms with Gasteiger partial charge in [-0.05, 0) is 56.7 Å². The highest BCUT2D eigenvalue weighted by Crippen LogP contribution is 2.42. The van der Waals surface area contributed by atoms with E-state index >= 15 is 0 Å². The van der Waals surface area contributed by atoms with Crippen LogP contribution in [0.1, 0.15) is 57.4 Å². The molecule has 1 aromatic rings. The third kappa shape index (κ3) is 7.98. The van der Waals surface area contributed by atoms with Crippen molar-refractivity contribution in [3.8, 4) is 5.75 Å². The van der Waals surface area contributed by atoms with Crippen molar-refractivity contribution in [3.63, 3.8) is 0 Å². The maximum Gasteiger partial charge on any atom is 0.330 e. The van der Waals surface area contributed by atoms with Crippen molar-refractivity contribution in [2.24, 2.45) is 0 Å². The van der Waals surface area contributed by atoms with Crippen LogP contribution in [0.2, 0.25) is 0 Å². The summed E-state index contributed by atoms with van der Waals surface area (Å²) in [6, 6.07) is 7.35. The Morgan fingerprint density at radius 2 is 1.95 bits per heavy atom. The lowest BCUT2D eigenvalue weighted by Gasteiger charge is -2.48. The van der Waals surface area contributed by atoms with Crippen LogP contribution in [0, 0.1) is 0 Å². The number of methoxy groups -OCH3 is 2. The molecule has 2 saturated heterocycles. The van der Waals surface area contributed by atoms with E-state index in [2.05, 4.69) is 13.2 Å². The Balaban J connectivity index is 1.82. The third-order valence-electron chi connectivity index (χ3n) is 7.07. The minimum Gasteiger partial charge on any atom is -0.497 e. The molecule has 3 rings (SSSR count). The van der Waals surface area contributed by atoms with Gasteiger partial charge < -0.3 is 23.8 Å². The fourth-order valence-corrected chi connectivity index (χ4v) is 6.12. The molecule has 2 fully saturated rings. The molecule has 2 aliphatic rings. The zero-order valence-corrected chi connectivity index (χ0v) is 23.7. The number of esters is 1. The second-order valence-corrected chi connectivity index (χ2v) is 10.8. The quantitative estimate of drug-likeness (QED) is 0.116. The van der Waals surface area contributed by atoms with Crippen LogP contribution in [0.5, 0.6) is 5.75 Å². The molecule has 0 bridgehead atoms. The summed E-state index contributed by atoms with van der Waals surface area (Å²) in [7, 11) is 3.24. The summed E-state index contributed by atoms with van der Waals surface area (Å²) in [4.78, 5) is 27.6. The van der Waals surface area contributed by atoms with Crippen LogP contribution in [-0.2, 0) is 25.5 Å². The number of unbranched alkanes of at least 4 members (excludes halogenated alkanes) is 1. The Hall–Kier alpha value is -2.55. The molecule has 0 spiro atoms. The van der Waals surface area contributed by atoms with E-state index in [4.69, 9.17) is 18.9 Å². The Kier molecular flexibility index (Phi) is 11.5. The molecule has 2 heterocycles. The summed E-state index contributed by atoms with van der Waals surface area (Å²) < 4.78 is 24.0. The lowest BCUT2D eigenvalue weighted by atomic mass is 9.90. The van der Waals surface area contributed by atoms with Gasteiger partial charge in [0.25, 0.3) is 5.24 Å². The van der Waals surface area contributed by atoms with Gasteiger partial charge in [-0.2, -0.15) is 0 Å². The maximum atomic E-state index is 13.0. The van der Waals surface area contributed by atoms with Crippen molar-refractivity contribution in [2.45, 2.75) is 82.5 Å². The molecular weight excluding hydrogens is 502 g/mol. The van der Waals surface area contributed by atoms with Gasteiger partial charge in [0.05, 0.1) is 19.3 Å². The van der Waals surface area contributed by atoms with Gasteiger partial charge in [-0.1, -0.05) is 41.6 Å². The third-order valence-corrected chi connectivity index (χ3v) is 8.03. The molecule has 8 heteroatoms. The summed E-state index contributed by atoms with van der Waals surface area (Å²) in [5.74, 6) is -0.156. The van der Waals surface area contributed by atoms with Gasteiger partial charge in [0.1, 0.15) is 11.9 Å². The van der Waals surface area contributed by atoms with Gasteiger partial charge in [0.15, 0.2) is 5.79 Å². The predicted octanol–water partition coefficient (Wildman–Crippen LogP) is 6.43. The molecule has 4 atom stereocenters. The Bertz CT molecular complexity index is 993. The van der Waals surface area contributed by atoms with Crippen LogP contribution in [0.4, 0.5) is 4.79 Å². The fourth-order valence-electron chi connectivity index (χ4n) is 5.03. The normalized spacial score (nSPS) is 25.8. The van der Waals surface area contributed by atoms with Crippen LogP contribution in [0.25, 0.3) is 0 Å². The summed E-state index contributed by atoms with van der Waals surface area (Å²) in [5, 5.41) is -0.0195. The zero-order valence-electron chi connectivity index (χ0n) is 22.9. The topological polar surface area (TPSA) is 74.3 Å². The molecule has 38 heavy (non-hydrogen) atoms. The van der Waals surface area contributed by atoms with Crippen LogP contribution in [0.15, 0.2) is 61.2 Å². The molecule has 0 aromatic heterocycles. The first-order valence-corrected chi connectivity index (χ1v) is 14.2. The summed E-state index contributed by atoms with van der Waals surface area (Å²) >= 11 is 1.27. The molecule has 1 unspecified atom stereocenters. The molecule has 1 aromatic carbocycles. The average molecular weight is 544 g/mol. The average Bonchev–Trinajstić information content (AvgIpc) is 3.28. The first-order chi connectivity index (χ1) is 18.3. The number of rotatable bonds is 14. The van der Waals surface area contributed by atoms with Crippen LogP contribution in [-0.4, -0.2) is 60.1 Å². The van der Waals surface area contributed by atoms with E-state index < -0.39 is 11.9 Å². The smallest absolute Gasteiger partial charge is 0.330 e. The second-order valence-electron chi connectivity index (χ2n) is 9.86. The van der Waals surface area contributed by atoms with Crippen molar-refractivity contribution >= 4 is 23.0 Å². The van der Waals surface area contributed by atoms with Gasteiger partial charge in [0, 0.05) is 38.3 Å². The Morgan fingerprint density at radius 1 is 1.21 bits per heavy atom. The van der Waals surface area contributed by atoms with Crippen molar-refractivity contribution in [1.29, 1.82) is 0 Å². The van der Waals surface area contributed by atoms with Crippen LogP contribution < -0.4 is 4.74 Å². The highest BCUT2D eigenvalue weighted by Gasteiger charge is 2.54. The van der Waals surface area contributed by atoms with E-state index in [1.807, 2.05) is 48.2 Å². The van der Waals surface area contributed by atoms with Crippen LogP contribution >= 0.6 is 11.8 Å². The van der Waals surface area contributed by atoms with Crippen molar-refractivity contribution < 1.29 is 28.5 Å². The van der Waals surface area contributed by atoms with E-state index in [0.717, 1.165) is 49.0 Å². The minimum atomic E-state index is -1.09. The van der Waals surface area contributed by atoms with Gasteiger partial charge >= 0.3 is 5.97 Å². The molecule has 0 aliphatic carbocycles. The maximum absolute atomic E-state index is 13.0. The van der Waals surface area contributed by atoms with E-state index in [1.54, 1.807) is 20.3 Å². The number of hydrogen-bond acceptors (Lipinski definition) is 7. The monoisotopic (exact) mass is 543 g/mol. The molecule has 1 amide bonds. The molecule has 0 radical (unpaired) electrons. The minimum absolute atomic E-state index is 0.0195. The first-order valence-electron chi connectivity index (χ1n) is 13.2. The highest BCUT2D eigenvalue weighted by molar-refractivity contribution is 8.13. The van der Waals surface area contributed by atoms with E-state index in [-0.39, 0.29) is 23.4 Å². The summed E-state index contributed by atoms with van der Waals surface area (Å²) in [6.07, 6.45) is 9.79. The number of allylic oxidation sites excluding steroid dienone is 3. The van der Waals surface area contributed by atoms with E-state index in [0.29, 0.717) is 25.1 Å². The second kappa shape index (κ2) is 14.6. The van der Waals surface area contributed by atoms with Gasteiger partial charge in [-0.15, -0.1) is 13.2 Å². The summed E-state index contributed by atoms with van der Waals surface area (Å²) in [5.41, 5.74) is 1.94. The SMILES string of the molecule is C=CCCC[C@@H]1C[C@@H](OC(=O)C=C(C)CCC=C)C[C@](OC)(C2CSC(=O)N2Cc2ccc(OC)cc2)O1. The molecule has 0 saturated carbocycles. The molecule has 0 N–H and O–H groups in total. The lowest BCUT2D eigenvalue weighted by molar-refractivity contribution is -0.305. The molecule has 208 valence electrons. The van der Waals surface area contributed by atoms with E-state index in [9.17, 15) is 9.59 Å². The Morgan fingerprint density at radius 3 is 2.61 bits per heavy atom. The largest absolute Gasteiger partial charge is 0.497 e. The lowest BCUT2D eigenvalue weighted by Crippen LogP contribution is -2.60. The molecule has 7 nitrogen and oxygen atoms in total. The van der Waals surface area contributed by atoms with Gasteiger partial charge in [0.2, 0.25) is 0 Å². The fraction of sp³-hybridized carbons (Fsp3) is 0.533. The number of amides is 1. The predicted molar refractivity (Wildman–Crippen MR) is 151 cm³/mol. The zero-order chi connectivity index (χ0) is 27.5. The first kappa shape index (κ1) is 30.0. The number of thioether (sulfide) groups is 1. The number of ether oxygens (including phenoxy) is 4. The summed E-state index contributed by atoms with van der Waals surface area (Å²) in [6.45, 7) is 9.90. The number of hydrogen-bond donors (Lipinski definition) is 0. The van der Waals surface area contributed by atoms with Crippen molar-refractivity contribution in [3.05, 3.63) is 66.8 Å². The number of nitrogens with zero attached hydrogens (tertiary/aromatic N) is 1. The molecule has 2 aliphatic heterocycles. The van der Waals surface area contributed by atoms with Crippen molar-refractivity contribution in [1.82, 2.24) is 4.90 Å². The Labute approximate surface area is 231 Å². The number of benzene rings is 1. The highest BCUT2D eigenvalue weighted by atomic mass is 32.2. The van der Waals surface area contributed by atoms with E-state index in [1.165, 1.54) is 11.8 Å². The molecular formula is C30H41NO6S. The number of carbonyl (C=O) groups is 2. The number of carbonyl (C=O) groups excluding carboxylic acids is 2. The van der Waals surface area contributed by atoms with Gasteiger partial charge in [-0.25, -0.2) is 4.79 Å².